The maximum atomic E-state index is 4.93. The Morgan fingerprint density at radius 2 is 1.76 bits per heavy atom. The summed E-state index contributed by atoms with van der Waals surface area (Å²) in [4.78, 5) is 9.94. The van der Waals surface area contributed by atoms with E-state index < -0.39 is 0 Å². The minimum absolute atomic E-state index is 0. The van der Waals surface area contributed by atoms with Gasteiger partial charge in [-0.2, -0.15) is 4.90 Å². The molecule has 0 bridgehead atoms. The second-order valence-electron chi connectivity index (χ2n) is 6.10. The number of hydrogen-bond donors (Lipinski definition) is 3. The zero-order valence-electron chi connectivity index (χ0n) is 17.0. The predicted molar refractivity (Wildman–Crippen MR) is 118 cm³/mol. The van der Waals surface area contributed by atoms with Crippen molar-refractivity contribution in [3.05, 3.63) is 54.4 Å². The van der Waals surface area contributed by atoms with Crippen LogP contribution in [-0.4, -0.2) is 44.3 Å². The number of hydrogen-bond acceptors (Lipinski definition) is 7. The first-order valence-electron chi connectivity index (χ1n) is 9.27. The van der Waals surface area contributed by atoms with Crippen LogP contribution in [0.2, 0.25) is 0 Å². The van der Waals surface area contributed by atoms with Gasteiger partial charge in [-0.05, 0) is 51.3 Å². The molecule has 0 unspecified atom stereocenters. The van der Waals surface area contributed by atoms with Crippen LogP contribution in [0.5, 0.6) is 5.75 Å². The van der Waals surface area contributed by atoms with Crippen molar-refractivity contribution < 1.29 is 24.5 Å². The summed E-state index contributed by atoms with van der Waals surface area (Å²) in [6.07, 6.45) is 1.07. The summed E-state index contributed by atoms with van der Waals surface area (Å²) in [6, 6.07) is 15.5. The Bertz CT molecular complexity index is 865. The van der Waals surface area contributed by atoms with E-state index in [1.807, 2.05) is 56.6 Å². The molecule has 3 N–H and O–H groups in total. The minimum Gasteiger partial charge on any atom is -0.780 e. The fraction of sp³-hybridized carbons (Fsp3) is 0.333. The minimum atomic E-state index is 0. The molecule has 0 aliphatic heterocycles. The van der Waals surface area contributed by atoms with Crippen molar-refractivity contribution in [2.75, 3.05) is 39.6 Å². The molecular weight excluding hydrogens is 561 g/mol. The van der Waals surface area contributed by atoms with Gasteiger partial charge in [-0.25, -0.2) is 9.97 Å². The zero-order chi connectivity index (χ0) is 20.2. The average Bonchev–Trinajstić information content (AvgIpc) is 2.72. The van der Waals surface area contributed by atoms with E-state index >= 15 is 0 Å². The van der Waals surface area contributed by atoms with Gasteiger partial charge in [0.1, 0.15) is 17.4 Å². The van der Waals surface area contributed by atoms with Gasteiger partial charge in [-0.1, -0.05) is 24.3 Å². The number of rotatable bonds is 8. The van der Waals surface area contributed by atoms with E-state index in [0.29, 0.717) is 6.54 Å². The molecule has 157 valence electrons. The Kier molecular flexibility index (Phi) is 12.3. The molecule has 3 aromatic rings. The number of para-hydroxylation sites is 1. The van der Waals surface area contributed by atoms with Crippen LogP contribution < -0.4 is 20.7 Å². The first-order valence-corrected chi connectivity index (χ1v) is 9.68. The quantitative estimate of drug-likeness (QED) is 0.276. The Hall–Kier alpha value is -1.84. The summed E-state index contributed by atoms with van der Waals surface area (Å²) in [6.45, 7) is 2.58. The fourth-order valence-electron chi connectivity index (χ4n) is 2.57. The smallest absolute Gasteiger partial charge is 0.780 e. The van der Waals surface area contributed by atoms with E-state index in [4.69, 9.17) is 17.4 Å². The molecule has 8 heteroatoms. The van der Waals surface area contributed by atoms with Crippen molar-refractivity contribution in [3.8, 4) is 5.75 Å². The molecule has 2 aromatic carbocycles. The number of fused-ring (bicyclic) bond motifs is 1. The summed E-state index contributed by atoms with van der Waals surface area (Å²) < 4.78 is 4.93. The maximum Gasteiger partial charge on any atom is 1.00 e. The Balaban J connectivity index is 0.000000355. The molecule has 1 aromatic heterocycles. The van der Waals surface area contributed by atoms with Crippen LogP contribution in [0.3, 0.4) is 0 Å². The van der Waals surface area contributed by atoms with Crippen LogP contribution in [0.15, 0.2) is 53.4 Å². The van der Waals surface area contributed by atoms with Crippen molar-refractivity contribution >= 4 is 29.3 Å². The molecule has 0 amide bonds. The third kappa shape index (κ3) is 8.59. The fourth-order valence-corrected chi connectivity index (χ4v) is 2.76. The van der Waals surface area contributed by atoms with Gasteiger partial charge in [0, 0.05) is 11.9 Å². The molecule has 6 nitrogen and oxygen atoms in total. The van der Waals surface area contributed by atoms with Crippen LogP contribution in [0.1, 0.15) is 12.2 Å². The molecule has 29 heavy (non-hydrogen) atoms. The Labute approximate surface area is 191 Å². The van der Waals surface area contributed by atoms with E-state index in [1.54, 1.807) is 7.11 Å². The Morgan fingerprint density at radius 1 is 0.966 bits per heavy atom. The van der Waals surface area contributed by atoms with Gasteiger partial charge in [-0.3, -0.25) is 0 Å². The average molecular weight is 589 g/mol. The molecular formula is C21H28N5OOsS. The van der Waals surface area contributed by atoms with Crippen molar-refractivity contribution in [2.45, 2.75) is 17.9 Å². The van der Waals surface area contributed by atoms with Crippen LogP contribution >= 0.6 is 0 Å². The van der Waals surface area contributed by atoms with E-state index in [0.717, 1.165) is 52.7 Å². The molecule has 1 radical (unpaired) electrons. The summed E-state index contributed by atoms with van der Waals surface area (Å²) in [5.74, 6) is 2.56. The van der Waals surface area contributed by atoms with Crippen LogP contribution in [-0.2, 0) is 39.0 Å². The number of anilines is 1. The first-order chi connectivity index (χ1) is 13.7. The summed E-state index contributed by atoms with van der Waals surface area (Å²) in [5.41, 5.74) is 0.985. The standard InChI is InChI=1S/C14H21N5.C7H8OS.Os/c1-15-8-5-9-17-14-11-6-3-4-7-12(11)18-13(19-14)10-16-2;1-8-6-3-2-4-7(9)5-6;/h3-4,6-7,15-16H,5,8-10H2,1-2H3,(H,17,18,19);2-5,9H,1H3;/q;;+1/p-1. The maximum absolute atomic E-state index is 4.93. The van der Waals surface area contributed by atoms with Gasteiger partial charge >= 0.3 is 19.8 Å². The van der Waals surface area contributed by atoms with Crippen molar-refractivity contribution in [2.24, 2.45) is 0 Å². The monoisotopic (exact) mass is 590 g/mol. The molecule has 3 rings (SSSR count). The van der Waals surface area contributed by atoms with Crippen LogP contribution in [0.25, 0.3) is 10.9 Å². The van der Waals surface area contributed by atoms with E-state index in [2.05, 4.69) is 32.0 Å². The molecule has 0 saturated carbocycles. The van der Waals surface area contributed by atoms with Crippen molar-refractivity contribution in [3.63, 3.8) is 0 Å². The largest absolute Gasteiger partial charge is 1.00 e. The molecule has 0 fully saturated rings. The second-order valence-corrected chi connectivity index (χ2v) is 6.57. The third-order valence-electron chi connectivity index (χ3n) is 3.92. The van der Waals surface area contributed by atoms with Gasteiger partial charge in [0.15, 0.2) is 0 Å². The van der Waals surface area contributed by atoms with Gasteiger partial charge in [0.25, 0.3) is 0 Å². The summed E-state index contributed by atoms with van der Waals surface area (Å²) >= 11 is 4.89. The number of methoxy groups -OCH3 is 1. The molecule has 0 atom stereocenters. The van der Waals surface area contributed by atoms with Gasteiger partial charge in [0.05, 0.1) is 19.2 Å². The molecule has 0 spiro atoms. The van der Waals surface area contributed by atoms with Gasteiger partial charge in [-0.15, -0.1) is 0 Å². The predicted octanol–water partition coefficient (Wildman–Crippen LogP) is 2.97. The first kappa shape index (κ1) is 25.2. The molecule has 0 aliphatic carbocycles. The normalized spacial score (nSPS) is 9.90. The van der Waals surface area contributed by atoms with E-state index in [1.165, 1.54) is 0 Å². The van der Waals surface area contributed by atoms with E-state index in [-0.39, 0.29) is 19.8 Å². The topological polar surface area (TPSA) is 71.1 Å². The van der Waals surface area contributed by atoms with Crippen molar-refractivity contribution in [1.82, 2.24) is 20.6 Å². The third-order valence-corrected chi connectivity index (χ3v) is 4.18. The SMILES string of the molecule is CNCCCNc1nc(CNC)nc2ccccc12.COc1cccc([S-])c1.[Os+]. The van der Waals surface area contributed by atoms with Gasteiger partial charge in [0.2, 0.25) is 0 Å². The number of benzene rings is 2. The number of ether oxygens (including phenoxy) is 1. The zero-order valence-corrected chi connectivity index (χ0v) is 20.4. The van der Waals surface area contributed by atoms with Gasteiger partial charge < -0.3 is 33.3 Å². The number of nitrogens with zero attached hydrogens (tertiary/aromatic N) is 2. The number of nitrogens with one attached hydrogen (secondary N) is 3. The second kappa shape index (κ2) is 14.2. The molecule has 0 aliphatic rings. The van der Waals surface area contributed by atoms with E-state index in [9.17, 15) is 0 Å². The van der Waals surface area contributed by atoms with Crippen LogP contribution in [0.4, 0.5) is 5.82 Å². The molecule has 0 saturated heterocycles. The Morgan fingerprint density at radius 3 is 2.41 bits per heavy atom. The number of aromatic nitrogens is 2. The van der Waals surface area contributed by atoms with Crippen molar-refractivity contribution in [1.29, 1.82) is 0 Å². The molecule has 1 heterocycles. The summed E-state index contributed by atoms with van der Waals surface area (Å²) in [7, 11) is 5.49. The summed E-state index contributed by atoms with van der Waals surface area (Å²) in [5, 5.41) is 10.7. The van der Waals surface area contributed by atoms with Crippen LogP contribution in [0, 0.1) is 0 Å².